The van der Waals surface area contributed by atoms with Crippen molar-refractivity contribution in [1.29, 1.82) is 0 Å². The largest absolute Gasteiger partial charge is 0.295 e. The Kier molecular flexibility index (Phi) is 5.78. The molecule has 25 heavy (non-hydrogen) atoms. The number of nitrogens with zero attached hydrogens (tertiary/aromatic N) is 2. The third kappa shape index (κ3) is 4.79. The molecule has 0 aromatic carbocycles. The summed E-state index contributed by atoms with van der Waals surface area (Å²) in [7, 11) is -3.74. The summed E-state index contributed by atoms with van der Waals surface area (Å²) < 4.78 is 28.3. The third-order valence-electron chi connectivity index (χ3n) is 3.51. The van der Waals surface area contributed by atoms with Crippen LogP contribution in [-0.2, 0) is 14.8 Å². The number of thiophene rings is 1. The number of hydrogen-bond acceptors (Lipinski definition) is 5. The molecule has 6 nitrogen and oxygen atoms in total. The van der Waals surface area contributed by atoms with Gasteiger partial charge in [-0.15, -0.1) is 11.3 Å². The molecule has 1 amide bonds. The van der Waals surface area contributed by atoms with Gasteiger partial charge in [-0.25, -0.2) is 13.4 Å². The molecule has 2 aromatic heterocycles. The number of anilines is 1. The number of rotatable bonds is 5. The molecule has 2 aromatic rings. The van der Waals surface area contributed by atoms with Gasteiger partial charge in [-0.2, -0.15) is 4.72 Å². The van der Waals surface area contributed by atoms with Crippen LogP contribution in [-0.4, -0.2) is 31.9 Å². The molecule has 132 valence electrons. The van der Waals surface area contributed by atoms with E-state index in [0.717, 1.165) is 13.9 Å². The number of hydrogen-bond donors (Lipinski definition) is 1. The number of carbonyl (C=O) groups excluding carboxylic acids is 1. The van der Waals surface area contributed by atoms with Crippen LogP contribution in [0, 0.1) is 3.57 Å². The first-order valence-electron chi connectivity index (χ1n) is 7.23. The molecule has 10 heteroatoms. The SMILES string of the molecule is O=C1C(NS(=O)(=O)/C=C/c2ccc(Cl)s2)CCN1c1ccc(I)cn1. The van der Waals surface area contributed by atoms with Crippen LogP contribution in [0.2, 0.25) is 4.34 Å². The van der Waals surface area contributed by atoms with Gasteiger partial charge in [0.2, 0.25) is 15.9 Å². The first kappa shape index (κ1) is 18.8. The lowest BCUT2D eigenvalue weighted by molar-refractivity contribution is -0.118. The van der Waals surface area contributed by atoms with Gasteiger partial charge in [-0.05, 0) is 59.4 Å². The van der Waals surface area contributed by atoms with Crippen molar-refractivity contribution in [2.75, 3.05) is 11.4 Å². The smallest absolute Gasteiger partial charge is 0.246 e. The fraction of sp³-hybridized carbons (Fsp3) is 0.200. The van der Waals surface area contributed by atoms with Gasteiger partial charge in [-0.1, -0.05) is 11.6 Å². The highest BCUT2D eigenvalue weighted by atomic mass is 127. The number of pyridine rings is 1. The van der Waals surface area contributed by atoms with Gasteiger partial charge in [0.1, 0.15) is 11.9 Å². The standard InChI is InChI=1S/C15H13ClIN3O3S2/c16-13-3-2-11(24-13)6-8-25(22,23)19-12-5-7-20(15(12)21)14-4-1-10(17)9-18-14/h1-4,6,8-9,12,19H,5,7H2/b8-6+. The van der Waals surface area contributed by atoms with E-state index in [4.69, 9.17) is 11.6 Å². The van der Waals surface area contributed by atoms with Crippen molar-refractivity contribution < 1.29 is 13.2 Å². The van der Waals surface area contributed by atoms with E-state index in [1.54, 1.807) is 24.4 Å². The quantitative estimate of drug-likeness (QED) is 0.628. The van der Waals surface area contributed by atoms with E-state index in [1.807, 2.05) is 6.07 Å². The molecule has 3 heterocycles. The summed E-state index contributed by atoms with van der Waals surface area (Å²) in [6, 6.07) is 6.23. The van der Waals surface area contributed by atoms with E-state index in [9.17, 15) is 13.2 Å². The minimum absolute atomic E-state index is 0.301. The van der Waals surface area contributed by atoms with E-state index in [0.29, 0.717) is 23.1 Å². The Morgan fingerprint density at radius 2 is 2.16 bits per heavy atom. The van der Waals surface area contributed by atoms with Crippen LogP contribution in [0.15, 0.2) is 35.9 Å². The van der Waals surface area contributed by atoms with E-state index in [2.05, 4.69) is 32.3 Å². The van der Waals surface area contributed by atoms with Crippen LogP contribution in [0.1, 0.15) is 11.3 Å². The van der Waals surface area contributed by atoms with Gasteiger partial charge in [0, 0.05) is 26.6 Å². The molecule has 1 unspecified atom stereocenters. The number of halogens is 2. The fourth-order valence-corrected chi connectivity index (χ4v) is 4.74. The molecule has 0 saturated carbocycles. The maximum absolute atomic E-state index is 12.5. The van der Waals surface area contributed by atoms with Gasteiger partial charge in [0.15, 0.2) is 0 Å². The number of aromatic nitrogens is 1. The van der Waals surface area contributed by atoms with E-state index >= 15 is 0 Å². The Labute approximate surface area is 168 Å². The number of amides is 1. The zero-order valence-corrected chi connectivity index (χ0v) is 17.3. The number of carbonyl (C=O) groups is 1. The summed E-state index contributed by atoms with van der Waals surface area (Å²) in [5, 5.41) is 1.05. The molecular weight excluding hydrogens is 497 g/mol. The summed E-state index contributed by atoms with van der Waals surface area (Å²) in [4.78, 5) is 18.9. The second-order valence-electron chi connectivity index (χ2n) is 5.27. The van der Waals surface area contributed by atoms with Crippen molar-refractivity contribution in [3.63, 3.8) is 0 Å². The molecule has 1 aliphatic rings. The Hall–Kier alpha value is -1.01. The highest BCUT2D eigenvalue weighted by molar-refractivity contribution is 14.1. The predicted molar refractivity (Wildman–Crippen MR) is 108 cm³/mol. The molecule has 0 radical (unpaired) electrons. The molecule has 1 aliphatic heterocycles. The Bertz CT molecular complexity index is 912. The van der Waals surface area contributed by atoms with Gasteiger partial charge in [0.25, 0.3) is 0 Å². The molecule has 3 rings (SSSR count). The maximum atomic E-state index is 12.5. The second kappa shape index (κ2) is 7.70. The van der Waals surface area contributed by atoms with Gasteiger partial charge in [-0.3, -0.25) is 9.69 Å². The van der Waals surface area contributed by atoms with Crippen LogP contribution >= 0.6 is 45.5 Å². The van der Waals surface area contributed by atoms with Crippen molar-refractivity contribution in [3.05, 3.63) is 48.7 Å². The zero-order valence-electron chi connectivity index (χ0n) is 12.7. The van der Waals surface area contributed by atoms with E-state index in [-0.39, 0.29) is 5.91 Å². The average molecular weight is 510 g/mol. The molecule has 0 bridgehead atoms. The molecule has 1 saturated heterocycles. The normalized spacial score (nSPS) is 18.4. The van der Waals surface area contributed by atoms with Crippen molar-refractivity contribution in [1.82, 2.24) is 9.71 Å². The lowest BCUT2D eigenvalue weighted by Crippen LogP contribution is -2.40. The summed E-state index contributed by atoms with van der Waals surface area (Å²) in [6.45, 7) is 0.420. The minimum Gasteiger partial charge on any atom is -0.295 e. The van der Waals surface area contributed by atoms with Crippen molar-refractivity contribution in [3.8, 4) is 0 Å². The van der Waals surface area contributed by atoms with Gasteiger partial charge < -0.3 is 0 Å². The Morgan fingerprint density at radius 3 is 2.80 bits per heavy atom. The lowest BCUT2D eigenvalue weighted by atomic mass is 10.3. The summed E-state index contributed by atoms with van der Waals surface area (Å²) in [6.07, 6.45) is 3.51. The Balaban J connectivity index is 1.67. The summed E-state index contributed by atoms with van der Waals surface area (Å²) in [5.74, 6) is 0.223. The van der Waals surface area contributed by atoms with Crippen molar-refractivity contribution >= 4 is 73.4 Å². The summed E-state index contributed by atoms with van der Waals surface area (Å²) >= 11 is 9.22. The number of nitrogens with one attached hydrogen (secondary N) is 1. The summed E-state index contributed by atoms with van der Waals surface area (Å²) in [5.41, 5.74) is 0. The Morgan fingerprint density at radius 1 is 1.36 bits per heavy atom. The van der Waals surface area contributed by atoms with Crippen molar-refractivity contribution in [2.45, 2.75) is 12.5 Å². The molecule has 1 fully saturated rings. The predicted octanol–water partition coefficient (Wildman–Crippen LogP) is 3.10. The van der Waals surface area contributed by atoms with Crippen LogP contribution in [0.5, 0.6) is 0 Å². The maximum Gasteiger partial charge on any atom is 0.246 e. The first-order chi connectivity index (χ1) is 11.8. The molecule has 0 spiro atoms. The van der Waals surface area contributed by atoms with Crippen LogP contribution < -0.4 is 9.62 Å². The first-order valence-corrected chi connectivity index (χ1v) is 11.0. The fourth-order valence-electron chi connectivity index (χ4n) is 2.36. The zero-order chi connectivity index (χ0) is 18.0. The number of sulfonamides is 1. The molecule has 1 N–H and O–H groups in total. The molecule has 1 atom stereocenters. The van der Waals surface area contributed by atoms with E-state index < -0.39 is 16.1 Å². The topological polar surface area (TPSA) is 79.4 Å². The highest BCUT2D eigenvalue weighted by Crippen LogP contribution is 2.23. The third-order valence-corrected chi connectivity index (χ3v) is 6.45. The lowest BCUT2D eigenvalue weighted by Gasteiger charge is -2.15. The van der Waals surface area contributed by atoms with Crippen LogP contribution in [0.25, 0.3) is 6.08 Å². The molecular formula is C15H13ClIN3O3S2. The molecule has 0 aliphatic carbocycles. The van der Waals surface area contributed by atoms with Crippen molar-refractivity contribution in [2.24, 2.45) is 0 Å². The van der Waals surface area contributed by atoms with Gasteiger partial charge in [0.05, 0.1) is 4.34 Å². The van der Waals surface area contributed by atoms with E-state index in [1.165, 1.54) is 22.3 Å². The van der Waals surface area contributed by atoms with Gasteiger partial charge >= 0.3 is 0 Å². The monoisotopic (exact) mass is 509 g/mol. The van der Waals surface area contributed by atoms with Crippen LogP contribution in [0.4, 0.5) is 5.82 Å². The average Bonchev–Trinajstić information content (AvgIpc) is 3.13. The van der Waals surface area contributed by atoms with Crippen LogP contribution in [0.3, 0.4) is 0 Å². The second-order valence-corrected chi connectivity index (χ2v) is 9.86. The minimum atomic E-state index is -3.74. The highest BCUT2D eigenvalue weighted by Gasteiger charge is 2.35.